The number of para-hydroxylation sites is 1. The Morgan fingerprint density at radius 2 is 1.53 bits per heavy atom. The molecule has 2 aliphatic rings. The molecule has 5 rings (SSSR count). The molecule has 2 aliphatic heterocycles. The molecule has 36 heavy (non-hydrogen) atoms. The van der Waals surface area contributed by atoms with E-state index in [2.05, 4.69) is 41.3 Å². The van der Waals surface area contributed by atoms with Crippen molar-refractivity contribution in [3.8, 4) is 11.5 Å². The van der Waals surface area contributed by atoms with Crippen molar-refractivity contribution in [2.24, 2.45) is 5.41 Å². The van der Waals surface area contributed by atoms with Gasteiger partial charge in [-0.2, -0.15) is 0 Å². The van der Waals surface area contributed by atoms with Crippen LogP contribution in [0.1, 0.15) is 47.2 Å². The largest absolute Gasteiger partial charge is 0.497 e. The third-order valence-corrected chi connectivity index (χ3v) is 7.95. The van der Waals surface area contributed by atoms with Crippen molar-refractivity contribution in [1.82, 2.24) is 9.80 Å². The van der Waals surface area contributed by atoms with Crippen molar-refractivity contribution in [3.05, 3.63) is 95.6 Å². The Bertz CT molecular complexity index is 1150. The van der Waals surface area contributed by atoms with Gasteiger partial charge in [-0.25, -0.2) is 0 Å². The van der Waals surface area contributed by atoms with E-state index >= 15 is 0 Å². The number of amides is 1. The highest BCUT2D eigenvalue weighted by molar-refractivity contribution is 5.94. The fourth-order valence-electron chi connectivity index (χ4n) is 5.56. The molecule has 1 amide bonds. The van der Waals surface area contributed by atoms with E-state index in [1.165, 1.54) is 24.0 Å². The van der Waals surface area contributed by atoms with E-state index in [4.69, 9.17) is 9.47 Å². The van der Waals surface area contributed by atoms with Crippen LogP contribution in [-0.2, 0) is 13.2 Å². The Balaban J connectivity index is 1.13. The fraction of sp³-hybridized carbons (Fsp3) is 0.387. The Kier molecular flexibility index (Phi) is 7.57. The molecule has 0 unspecified atom stereocenters. The highest BCUT2D eigenvalue weighted by atomic mass is 16.5. The molecule has 0 saturated carbocycles. The fourth-order valence-corrected chi connectivity index (χ4v) is 5.56. The maximum Gasteiger partial charge on any atom is 0.253 e. The van der Waals surface area contributed by atoms with E-state index in [1.54, 1.807) is 7.11 Å². The summed E-state index contributed by atoms with van der Waals surface area (Å²) in [7, 11) is 1.64. The normalized spacial score (nSPS) is 17.6. The molecular formula is C31H36N2O3. The smallest absolute Gasteiger partial charge is 0.253 e. The number of methoxy groups -OCH3 is 1. The molecule has 0 aliphatic carbocycles. The van der Waals surface area contributed by atoms with Crippen LogP contribution in [0.15, 0.2) is 78.9 Å². The second-order valence-electron chi connectivity index (χ2n) is 10.2. The quantitative estimate of drug-likeness (QED) is 0.426. The molecule has 0 N–H and O–H groups in total. The molecule has 1 spiro atoms. The van der Waals surface area contributed by atoms with Crippen molar-refractivity contribution in [3.63, 3.8) is 0 Å². The van der Waals surface area contributed by atoms with Crippen LogP contribution in [0.25, 0.3) is 0 Å². The minimum atomic E-state index is 0.119. The van der Waals surface area contributed by atoms with Gasteiger partial charge in [0.15, 0.2) is 0 Å². The minimum absolute atomic E-state index is 0.119. The zero-order chi connectivity index (χ0) is 24.8. The molecule has 0 atom stereocenters. The lowest BCUT2D eigenvalue weighted by molar-refractivity contribution is 0.0283. The second kappa shape index (κ2) is 11.2. The van der Waals surface area contributed by atoms with Gasteiger partial charge in [0.1, 0.15) is 18.1 Å². The predicted molar refractivity (Wildman–Crippen MR) is 142 cm³/mol. The second-order valence-corrected chi connectivity index (χ2v) is 10.2. The van der Waals surface area contributed by atoms with Crippen LogP contribution in [0, 0.1) is 5.41 Å². The Morgan fingerprint density at radius 3 is 2.28 bits per heavy atom. The van der Waals surface area contributed by atoms with Gasteiger partial charge in [-0.1, -0.05) is 54.6 Å². The molecule has 188 valence electrons. The van der Waals surface area contributed by atoms with Crippen molar-refractivity contribution < 1.29 is 14.3 Å². The standard InChI is InChI=1S/C31H36N2O3/c1-35-28-12-7-11-26(22-28)30(34)33-20-16-31(17-21-33)14-18-32(19-15-31)23-27-10-5-6-13-29(27)36-24-25-8-3-2-4-9-25/h2-13,22H,14-21,23-24H2,1H3. The lowest BCUT2D eigenvalue weighted by atomic mass is 9.71. The third-order valence-electron chi connectivity index (χ3n) is 7.95. The molecular weight excluding hydrogens is 448 g/mol. The van der Waals surface area contributed by atoms with Crippen molar-refractivity contribution >= 4 is 5.91 Å². The first-order chi connectivity index (χ1) is 17.6. The van der Waals surface area contributed by atoms with E-state index in [0.29, 0.717) is 17.6 Å². The lowest BCUT2D eigenvalue weighted by Gasteiger charge is -2.47. The number of nitrogens with zero attached hydrogens (tertiary/aromatic N) is 2. The number of likely N-dealkylation sites (tertiary alicyclic amines) is 2. The molecule has 2 heterocycles. The van der Waals surface area contributed by atoms with Crippen molar-refractivity contribution in [2.45, 2.75) is 38.8 Å². The molecule has 3 aromatic carbocycles. The van der Waals surface area contributed by atoms with Gasteiger partial charge in [-0.15, -0.1) is 0 Å². The number of benzene rings is 3. The zero-order valence-corrected chi connectivity index (χ0v) is 21.2. The van der Waals surface area contributed by atoms with Crippen LogP contribution >= 0.6 is 0 Å². The van der Waals surface area contributed by atoms with Crippen LogP contribution in [0.5, 0.6) is 11.5 Å². The number of rotatable bonds is 7. The van der Waals surface area contributed by atoms with Gasteiger partial charge in [0, 0.05) is 30.8 Å². The van der Waals surface area contributed by atoms with E-state index in [9.17, 15) is 4.79 Å². The molecule has 3 aromatic rings. The first-order valence-corrected chi connectivity index (χ1v) is 13.0. The Hall–Kier alpha value is -3.31. The van der Waals surface area contributed by atoms with Gasteiger partial charge >= 0.3 is 0 Å². The summed E-state index contributed by atoms with van der Waals surface area (Å²) in [4.78, 5) is 17.6. The number of ether oxygens (including phenoxy) is 2. The lowest BCUT2D eigenvalue weighted by Crippen LogP contribution is -2.48. The van der Waals surface area contributed by atoms with Crippen LogP contribution in [0.2, 0.25) is 0 Å². The Morgan fingerprint density at radius 1 is 0.833 bits per heavy atom. The molecule has 5 heteroatoms. The summed E-state index contributed by atoms with van der Waals surface area (Å²) in [6.45, 7) is 5.37. The highest BCUT2D eigenvalue weighted by Crippen LogP contribution is 2.42. The summed E-state index contributed by atoms with van der Waals surface area (Å²) in [6.07, 6.45) is 4.57. The topological polar surface area (TPSA) is 42.0 Å². The maximum atomic E-state index is 13.0. The van der Waals surface area contributed by atoms with E-state index in [0.717, 1.165) is 57.1 Å². The van der Waals surface area contributed by atoms with Gasteiger partial charge in [0.2, 0.25) is 0 Å². The van der Waals surface area contributed by atoms with Gasteiger partial charge in [0.25, 0.3) is 5.91 Å². The summed E-state index contributed by atoms with van der Waals surface area (Å²) >= 11 is 0. The van der Waals surface area contributed by atoms with Crippen LogP contribution in [0.3, 0.4) is 0 Å². The molecule has 5 nitrogen and oxygen atoms in total. The first-order valence-electron chi connectivity index (χ1n) is 13.0. The predicted octanol–water partition coefficient (Wildman–Crippen LogP) is 5.79. The summed E-state index contributed by atoms with van der Waals surface area (Å²) in [5, 5.41) is 0. The zero-order valence-electron chi connectivity index (χ0n) is 21.2. The molecule has 2 fully saturated rings. The van der Waals surface area contributed by atoms with Crippen molar-refractivity contribution in [1.29, 1.82) is 0 Å². The number of piperidine rings is 2. The summed E-state index contributed by atoms with van der Waals surface area (Å²) in [5.41, 5.74) is 3.52. The van der Waals surface area contributed by atoms with Crippen molar-refractivity contribution in [2.75, 3.05) is 33.3 Å². The summed E-state index contributed by atoms with van der Waals surface area (Å²) in [6, 6.07) is 26.2. The number of carbonyl (C=O) groups is 1. The summed E-state index contributed by atoms with van der Waals surface area (Å²) < 4.78 is 11.5. The van der Waals surface area contributed by atoms with Gasteiger partial charge in [-0.3, -0.25) is 9.69 Å². The average molecular weight is 485 g/mol. The van der Waals surface area contributed by atoms with Crippen LogP contribution < -0.4 is 9.47 Å². The van der Waals surface area contributed by atoms with Crippen LogP contribution in [0.4, 0.5) is 0 Å². The average Bonchev–Trinajstić information content (AvgIpc) is 2.94. The molecule has 0 radical (unpaired) electrons. The number of hydrogen-bond donors (Lipinski definition) is 0. The monoisotopic (exact) mass is 484 g/mol. The maximum absolute atomic E-state index is 13.0. The SMILES string of the molecule is COc1cccc(C(=O)N2CCC3(CCN(Cc4ccccc4OCc4ccccc4)CC3)CC2)c1. The van der Waals surface area contributed by atoms with Gasteiger partial charge in [-0.05, 0) is 74.0 Å². The molecule has 0 aromatic heterocycles. The number of carbonyl (C=O) groups excluding carboxylic acids is 1. The Labute approximate surface area is 214 Å². The van der Waals surface area contributed by atoms with Gasteiger partial charge in [0.05, 0.1) is 7.11 Å². The molecule has 2 saturated heterocycles. The first kappa shape index (κ1) is 24.4. The van der Waals surface area contributed by atoms with E-state index in [-0.39, 0.29) is 5.91 Å². The summed E-state index contributed by atoms with van der Waals surface area (Å²) in [5.74, 6) is 1.83. The van der Waals surface area contributed by atoms with E-state index < -0.39 is 0 Å². The molecule has 0 bridgehead atoms. The van der Waals surface area contributed by atoms with Crippen LogP contribution in [-0.4, -0.2) is 49.0 Å². The highest BCUT2D eigenvalue weighted by Gasteiger charge is 2.38. The third kappa shape index (κ3) is 5.73. The van der Waals surface area contributed by atoms with Gasteiger partial charge < -0.3 is 14.4 Å². The van der Waals surface area contributed by atoms with E-state index in [1.807, 2.05) is 47.4 Å². The number of hydrogen-bond acceptors (Lipinski definition) is 4. The minimum Gasteiger partial charge on any atom is -0.497 e.